The first kappa shape index (κ1) is 40.8. The van der Waals surface area contributed by atoms with Crippen LogP contribution in [0.4, 0.5) is 0 Å². The Kier molecular flexibility index (Phi) is 17.6. The standard InChI is InChI=1S/C19H19.C18H17.2CH3.2ClH.Si.Zr/c1-13(2)17-11-16-5-4-6-18(19(16)12-17)15-9-7-14(3)8-10-15;1-12-4-7-15(8-5-12)16-9-6-14(3)17-10-13(2)11-18(16)17;;;;;;/h4-13H,1-3H3;4-11H,1-3H3;2*1H3;2*1H;;/q4*-1;;;;. The zero-order valence-corrected chi connectivity index (χ0v) is 31.8. The molecule has 0 heterocycles. The summed E-state index contributed by atoms with van der Waals surface area (Å²) in [4.78, 5) is 0. The van der Waals surface area contributed by atoms with E-state index in [2.05, 4.69) is 152 Å². The normalized spacial score (nSPS) is 9.72. The molecule has 4 heteroatoms. The van der Waals surface area contributed by atoms with Crippen molar-refractivity contribution in [1.82, 2.24) is 0 Å². The summed E-state index contributed by atoms with van der Waals surface area (Å²) in [7, 11) is 0. The van der Waals surface area contributed by atoms with E-state index >= 15 is 0 Å². The van der Waals surface area contributed by atoms with E-state index < -0.39 is 0 Å². The Morgan fingerprint density at radius 3 is 1.63 bits per heavy atom. The second-order valence-corrected chi connectivity index (χ2v) is 10.8. The minimum atomic E-state index is 0. The van der Waals surface area contributed by atoms with Gasteiger partial charge in [-0.15, -0.1) is 93.4 Å². The predicted molar refractivity (Wildman–Crippen MR) is 196 cm³/mol. The van der Waals surface area contributed by atoms with Crippen LogP contribution in [0.2, 0.25) is 0 Å². The first-order valence-corrected chi connectivity index (χ1v) is 17.7. The van der Waals surface area contributed by atoms with Crippen LogP contribution in [-0.4, -0.2) is 6.88 Å². The fourth-order valence-corrected chi connectivity index (χ4v) is 5.15. The minimum absolute atomic E-state index is 0. The monoisotopic (exact) mass is 700 g/mol. The molecule has 0 amide bonds. The van der Waals surface area contributed by atoms with Gasteiger partial charge in [0.1, 0.15) is 0 Å². The van der Waals surface area contributed by atoms with E-state index in [0.717, 1.165) is 0 Å². The summed E-state index contributed by atoms with van der Waals surface area (Å²) >= 11 is 1.36. The van der Waals surface area contributed by atoms with Gasteiger partial charge in [0.2, 0.25) is 0 Å². The maximum absolute atomic E-state index is 3.06. The van der Waals surface area contributed by atoms with Crippen molar-refractivity contribution in [3.8, 4) is 22.3 Å². The Hall–Kier alpha value is -2.22. The van der Waals surface area contributed by atoms with Gasteiger partial charge in [0.15, 0.2) is 0 Å². The Labute approximate surface area is 290 Å². The maximum atomic E-state index is 3.06. The number of benzene rings is 4. The third-order valence-electron chi connectivity index (χ3n) is 7.41. The van der Waals surface area contributed by atoms with Crippen LogP contribution < -0.4 is 0 Å². The molecule has 0 aliphatic carbocycles. The molecule has 0 aromatic heterocycles. The number of fused-ring (bicyclic) bond motifs is 2. The van der Waals surface area contributed by atoms with Crippen molar-refractivity contribution in [2.24, 2.45) is 0 Å². The molecule has 0 N–H and O–H groups in total. The van der Waals surface area contributed by atoms with Crippen LogP contribution >= 0.6 is 24.8 Å². The average molecular weight is 703 g/mol. The molecular weight excluding hydrogens is 659 g/mol. The molecule has 0 saturated carbocycles. The van der Waals surface area contributed by atoms with E-state index in [1.165, 1.54) is 95.0 Å². The van der Waals surface area contributed by atoms with Gasteiger partial charge in [0.05, 0.1) is 0 Å². The molecule has 0 atom stereocenters. The number of halogens is 2. The Morgan fingerprint density at radius 2 is 1.12 bits per heavy atom. The van der Waals surface area contributed by atoms with E-state index in [-0.39, 0.29) is 39.7 Å². The molecule has 0 aliphatic heterocycles. The molecule has 6 rings (SSSR count). The van der Waals surface area contributed by atoms with Crippen LogP contribution in [-0.2, 0) is 23.3 Å². The fourth-order valence-electron chi connectivity index (χ4n) is 5.15. The van der Waals surface area contributed by atoms with E-state index in [1.54, 1.807) is 0 Å². The summed E-state index contributed by atoms with van der Waals surface area (Å²) in [5.74, 6) is 0.582. The van der Waals surface area contributed by atoms with Crippen LogP contribution in [0.5, 0.6) is 0 Å². The molecule has 6 aromatic rings. The Balaban J connectivity index is 0.000000714. The third kappa shape index (κ3) is 9.63. The second kappa shape index (κ2) is 18.6. The van der Waals surface area contributed by atoms with Gasteiger partial charge in [-0.2, -0.15) is 12.1 Å². The van der Waals surface area contributed by atoms with Crippen molar-refractivity contribution in [3.63, 3.8) is 0 Å². The van der Waals surface area contributed by atoms with Crippen LogP contribution in [0, 0.1) is 42.5 Å². The molecule has 0 spiro atoms. The van der Waals surface area contributed by atoms with Gasteiger partial charge in [-0.3, -0.25) is 0 Å². The van der Waals surface area contributed by atoms with Gasteiger partial charge >= 0.3 is 30.2 Å². The van der Waals surface area contributed by atoms with E-state index in [0.29, 0.717) is 5.92 Å². The van der Waals surface area contributed by atoms with E-state index in [9.17, 15) is 0 Å². The second-order valence-electron chi connectivity index (χ2n) is 10.8. The molecule has 0 nitrogen and oxygen atoms in total. The molecule has 43 heavy (non-hydrogen) atoms. The van der Waals surface area contributed by atoms with E-state index in [1.807, 2.05) is 0 Å². The van der Waals surface area contributed by atoms with Gasteiger partial charge in [-0.25, -0.2) is 0 Å². The van der Waals surface area contributed by atoms with Crippen molar-refractivity contribution in [2.45, 2.75) is 47.5 Å². The summed E-state index contributed by atoms with van der Waals surface area (Å²) in [5, 5.41) is 5.47. The number of rotatable bonds is 3. The molecule has 2 radical (unpaired) electrons. The van der Waals surface area contributed by atoms with Gasteiger partial charge < -0.3 is 14.9 Å². The average Bonchev–Trinajstić information content (AvgIpc) is 3.56. The number of hydrogen-bond acceptors (Lipinski definition) is 0. The first-order valence-electron chi connectivity index (χ1n) is 13.6. The molecule has 226 valence electrons. The summed E-state index contributed by atoms with van der Waals surface area (Å²) in [6.45, 7) is 16.2. The number of aryl methyl sites for hydroxylation is 4. The van der Waals surface area contributed by atoms with E-state index in [4.69, 9.17) is 0 Å². The molecular formula is C39H44Cl2SiZr-4. The molecule has 0 saturated heterocycles. The topological polar surface area (TPSA) is 0 Å². The zero-order chi connectivity index (χ0) is 28.1. The van der Waals surface area contributed by atoms with Crippen LogP contribution in [0.1, 0.15) is 47.6 Å². The Morgan fingerprint density at radius 1 is 0.605 bits per heavy atom. The van der Waals surface area contributed by atoms with Crippen LogP contribution in [0.25, 0.3) is 43.8 Å². The van der Waals surface area contributed by atoms with Gasteiger partial charge in [-0.05, 0) is 30.9 Å². The molecule has 0 bridgehead atoms. The van der Waals surface area contributed by atoms with Gasteiger partial charge in [-0.1, -0.05) is 111 Å². The first-order chi connectivity index (χ1) is 18.8. The van der Waals surface area contributed by atoms with Crippen LogP contribution in [0.15, 0.2) is 103 Å². The summed E-state index contributed by atoms with van der Waals surface area (Å²) in [6, 6.07) is 37.8. The molecule has 0 unspecified atom stereocenters. The van der Waals surface area contributed by atoms with Crippen molar-refractivity contribution in [3.05, 3.63) is 146 Å². The van der Waals surface area contributed by atoms with Crippen molar-refractivity contribution in [2.75, 3.05) is 0 Å². The fraction of sp³-hybridized carbons (Fsp3) is 0.179. The van der Waals surface area contributed by atoms with Crippen molar-refractivity contribution >= 4 is 53.2 Å². The summed E-state index contributed by atoms with van der Waals surface area (Å²) in [5.41, 5.74) is 12.0. The molecule has 0 fully saturated rings. The molecule has 6 aromatic carbocycles. The molecule has 0 aliphatic rings. The summed E-state index contributed by atoms with van der Waals surface area (Å²) in [6.07, 6.45) is 0. The summed E-state index contributed by atoms with van der Waals surface area (Å²) < 4.78 is 0. The SMILES string of the molecule is Cc1ccc(-c2ccc(C)c3[cH-]c(C)cc23)cc1.Cc1ccc(-c2cccc3[cH-]c(C(C)C)cc23)cc1.Cl.Cl.[CH3-].[CH3-].[Si]=[Zr]. The van der Waals surface area contributed by atoms with Crippen LogP contribution in [0.3, 0.4) is 0 Å². The Bertz CT molecular complexity index is 1690. The quantitative estimate of drug-likeness (QED) is 0.127. The van der Waals surface area contributed by atoms with Gasteiger partial charge in [0, 0.05) is 0 Å². The van der Waals surface area contributed by atoms with Crippen molar-refractivity contribution in [1.29, 1.82) is 0 Å². The third-order valence-corrected chi connectivity index (χ3v) is 7.41. The van der Waals surface area contributed by atoms with Gasteiger partial charge in [0.25, 0.3) is 0 Å². The predicted octanol–water partition coefficient (Wildman–Crippen LogP) is 12.2. The number of hydrogen-bond donors (Lipinski definition) is 0. The zero-order valence-electron chi connectivity index (χ0n) is 26.7. The van der Waals surface area contributed by atoms with Crippen molar-refractivity contribution < 1.29 is 23.3 Å².